The van der Waals surface area contributed by atoms with E-state index < -0.39 is 24.1 Å². The van der Waals surface area contributed by atoms with Crippen LogP contribution >= 0.6 is 0 Å². The van der Waals surface area contributed by atoms with Gasteiger partial charge in [-0.2, -0.15) is 8.78 Å². The zero-order valence-corrected chi connectivity index (χ0v) is 19.2. The van der Waals surface area contributed by atoms with Crippen molar-refractivity contribution < 1.29 is 27.4 Å². The van der Waals surface area contributed by atoms with Crippen molar-refractivity contribution in [3.8, 4) is 11.5 Å². The number of hydrogen-bond donors (Lipinski definition) is 0. The van der Waals surface area contributed by atoms with Crippen LogP contribution in [-0.4, -0.2) is 12.6 Å². The number of halogens is 3. The molecule has 3 nitrogen and oxygen atoms in total. The average molecular weight is 473 g/mol. The van der Waals surface area contributed by atoms with Gasteiger partial charge >= 0.3 is 12.6 Å². The Balaban J connectivity index is 1.32. The number of fused-ring (bicyclic) bond motifs is 1. The molecule has 2 fully saturated rings. The molecule has 6 heteroatoms. The van der Waals surface area contributed by atoms with Crippen LogP contribution in [0.3, 0.4) is 0 Å². The molecular formula is C28H31F3O3. The van der Waals surface area contributed by atoms with Crippen LogP contribution in [0, 0.1) is 23.6 Å². The van der Waals surface area contributed by atoms with Crippen LogP contribution < -0.4 is 9.47 Å². The highest BCUT2D eigenvalue weighted by Gasteiger charge is 2.35. The summed E-state index contributed by atoms with van der Waals surface area (Å²) in [5.41, 5.74) is 1.59. The van der Waals surface area contributed by atoms with Crippen molar-refractivity contribution >= 4 is 5.97 Å². The van der Waals surface area contributed by atoms with Gasteiger partial charge in [-0.3, -0.25) is 0 Å². The lowest BCUT2D eigenvalue weighted by atomic mass is 9.63. The molecule has 0 radical (unpaired) electrons. The second-order valence-corrected chi connectivity index (χ2v) is 9.56. The summed E-state index contributed by atoms with van der Waals surface area (Å²) >= 11 is 0. The van der Waals surface area contributed by atoms with E-state index in [-0.39, 0.29) is 5.75 Å². The Morgan fingerprint density at radius 2 is 1.76 bits per heavy atom. The maximum atomic E-state index is 13.9. The Kier molecular flexibility index (Phi) is 7.96. The minimum absolute atomic E-state index is 0.0739. The Hall–Kier alpha value is -2.76. The molecule has 182 valence electrons. The number of carbonyl (C=O) groups is 1. The molecule has 2 aromatic rings. The fourth-order valence-electron chi connectivity index (χ4n) is 5.70. The number of ether oxygens (including phenoxy) is 2. The Labute approximate surface area is 199 Å². The van der Waals surface area contributed by atoms with Gasteiger partial charge in [0.15, 0.2) is 11.6 Å². The Morgan fingerprint density at radius 3 is 2.47 bits per heavy atom. The zero-order chi connectivity index (χ0) is 24.1. The molecule has 2 aromatic carbocycles. The third-order valence-electron chi connectivity index (χ3n) is 7.45. The van der Waals surface area contributed by atoms with E-state index in [0.29, 0.717) is 11.5 Å². The molecule has 2 aliphatic carbocycles. The quantitative estimate of drug-likeness (QED) is 0.222. The Bertz CT molecular complexity index is 989. The molecule has 0 aliphatic heterocycles. The van der Waals surface area contributed by atoms with Gasteiger partial charge in [-0.15, -0.1) is 6.58 Å². The van der Waals surface area contributed by atoms with Gasteiger partial charge in [0.25, 0.3) is 0 Å². The minimum Gasteiger partial charge on any atom is -0.432 e. The lowest BCUT2D eigenvalue weighted by Gasteiger charge is -2.42. The van der Waals surface area contributed by atoms with E-state index in [2.05, 4.69) is 11.3 Å². The third-order valence-corrected chi connectivity index (χ3v) is 7.45. The summed E-state index contributed by atoms with van der Waals surface area (Å²) in [4.78, 5) is 12.5. The third kappa shape index (κ3) is 6.02. The smallest absolute Gasteiger partial charge is 0.387 e. The molecule has 2 saturated carbocycles. The summed E-state index contributed by atoms with van der Waals surface area (Å²) in [5, 5.41) is 0. The molecule has 2 aliphatic rings. The molecule has 4 unspecified atom stereocenters. The van der Waals surface area contributed by atoms with Gasteiger partial charge in [0.05, 0.1) is 5.56 Å². The normalized spacial score (nSPS) is 24.4. The average Bonchev–Trinajstić information content (AvgIpc) is 2.84. The van der Waals surface area contributed by atoms with E-state index in [1.807, 2.05) is 18.2 Å². The fraction of sp³-hybridized carbons (Fsp3) is 0.464. The monoisotopic (exact) mass is 472 g/mol. The van der Waals surface area contributed by atoms with Crippen LogP contribution in [0.4, 0.5) is 13.2 Å². The first-order valence-corrected chi connectivity index (χ1v) is 12.1. The zero-order valence-electron chi connectivity index (χ0n) is 19.2. The van der Waals surface area contributed by atoms with Gasteiger partial charge in [-0.25, -0.2) is 9.18 Å². The minimum atomic E-state index is -3.13. The number of alkyl halides is 2. The van der Waals surface area contributed by atoms with Crippen molar-refractivity contribution in [3.05, 3.63) is 72.1 Å². The van der Waals surface area contributed by atoms with Gasteiger partial charge in [0.1, 0.15) is 5.75 Å². The number of carbonyl (C=O) groups excluding carboxylic acids is 1. The summed E-state index contributed by atoms with van der Waals surface area (Å²) in [6, 6.07) is 10.5. The van der Waals surface area contributed by atoms with Crippen LogP contribution in [-0.2, 0) is 0 Å². The topological polar surface area (TPSA) is 35.5 Å². The molecule has 4 atom stereocenters. The maximum absolute atomic E-state index is 13.9. The van der Waals surface area contributed by atoms with Crippen molar-refractivity contribution in [2.24, 2.45) is 17.8 Å². The predicted octanol–water partition coefficient (Wildman–Crippen LogP) is 7.91. The van der Waals surface area contributed by atoms with Gasteiger partial charge in [0.2, 0.25) is 0 Å². The summed E-state index contributed by atoms with van der Waals surface area (Å²) in [6.07, 6.45) is 12.0. The van der Waals surface area contributed by atoms with Crippen LogP contribution in [0.5, 0.6) is 11.5 Å². The van der Waals surface area contributed by atoms with Crippen molar-refractivity contribution in [2.45, 2.75) is 63.9 Å². The van der Waals surface area contributed by atoms with E-state index in [9.17, 15) is 18.0 Å². The number of rotatable bonds is 8. The van der Waals surface area contributed by atoms with Crippen LogP contribution in [0.25, 0.3) is 0 Å². The molecule has 0 saturated heterocycles. The second kappa shape index (κ2) is 11.1. The fourth-order valence-corrected chi connectivity index (χ4v) is 5.70. The number of allylic oxidation sites excluding steroid dienone is 1. The molecule has 0 spiro atoms. The highest BCUT2D eigenvalue weighted by molar-refractivity contribution is 5.91. The van der Waals surface area contributed by atoms with Crippen LogP contribution in [0.1, 0.15) is 73.2 Å². The van der Waals surface area contributed by atoms with Gasteiger partial charge in [-0.1, -0.05) is 24.6 Å². The summed E-state index contributed by atoms with van der Waals surface area (Å²) in [6.45, 7) is 0.721. The lowest BCUT2D eigenvalue weighted by molar-refractivity contribution is -0.0522. The predicted molar refractivity (Wildman–Crippen MR) is 125 cm³/mol. The SMILES string of the molecule is C=CCCC1CCC2CC(c3ccc(C(=O)Oc4ccc(OC(F)F)c(F)c4)cc3)CCC2C1. The highest BCUT2D eigenvalue weighted by Crippen LogP contribution is 2.48. The number of benzene rings is 2. The van der Waals surface area contributed by atoms with Crippen molar-refractivity contribution in [1.82, 2.24) is 0 Å². The molecule has 0 amide bonds. The van der Waals surface area contributed by atoms with E-state index in [1.54, 1.807) is 12.1 Å². The Morgan fingerprint density at radius 1 is 1.03 bits per heavy atom. The maximum Gasteiger partial charge on any atom is 0.387 e. The standard InChI is InChI=1S/C28H31F3O3/c1-2-3-4-18-5-6-23-16-22(12-11-21(23)15-18)19-7-9-20(10-8-19)27(32)33-24-13-14-26(25(29)17-24)34-28(30)31/h2,7-10,13-14,17-18,21-23,28H,1,3-6,11-12,15-16H2. The molecule has 0 N–H and O–H groups in total. The van der Waals surface area contributed by atoms with Crippen molar-refractivity contribution in [1.29, 1.82) is 0 Å². The first kappa shape index (κ1) is 24.4. The number of esters is 1. The second-order valence-electron chi connectivity index (χ2n) is 9.56. The van der Waals surface area contributed by atoms with E-state index >= 15 is 0 Å². The lowest BCUT2D eigenvalue weighted by Crippen LogP contribution is -2.30. The molecule has 34 heavy (non-hydrogen) atoms. The van der Waals surface area contributed by atoms with Crippen LogP contribution in [0.15, 0.2) is 55.1 Å². The molecule has 0 aromatic heterocycles. The van der Waals surface area contributed by atoms with E-state index in [1.165, 1.54) is 56.6 Å². The van der Waals surface area contributed by atoms with Gasteiger partial charge in [0, 0.05) is 6.07 Å². The molecule has 0 bridgehead atoms. The van der Waals surface area contributed by atoms with Gasteiger partial charge in [-0.05, 0) is 98.4 Å². The summed E-state index contributed by atoms with van der Waals surface area (Å²) in [5.74, 6) is 0.660. The van der Waals surface area contributed by atoms with E-state index in [0.717, 1.165) is 36.3 Å². The number of hydrogen-bond acceptors (Lipinski definition) is 3. The first-order chi connectivity index (χ1) is 16.4. The first-order valence-electron chi connectivity index (χ1n) is 12.1. The summed E-state index contributed by atoms with van der Waals surface area (Å²) in [7, 11) is 0. The summed E-state index contributed by atoms with van der Waals surface area (Å²) < 4.78 is 47.7. The van der Waals surface area contributed by atoms with Gasteiger partial charge < -0.3 is 9.47 Å². The largest absolute Gasteiger partial charge is 0.432 e. The van der Waals surface area contributed by atoms with Crippen LogP contribution in [0.2, 0.25) is 0 Å². The van der Waals surface area contributed by atoms with E-state index in [4.69, 9.17) is 4.74 Å². The molecule has 4 rings (SSSR count). The highest BCUT2D eigenvalue weighted by atomic mass is 19.3. The molecule has 0 heterocycles. The molecular weight excluding hydrogens is 441 g/mol. The van der Waals surface area contributed by atoms with Crippen molar-refractivity contribution in [2.75, 3.05) is 0 Å². The van der Waals surface area contributed by atoms with Crippen molar-refractivity contribution in [3.63, 3.8) is 0 Å².